The van der Waals surface area contributed by atoms with E-state index in [4.69, 9.17) is 4.74 Å². The van der Waals surface area contributed by atoms with Crippen molar-refractivity contribution in [1.29, 1.82) is 0 Å². The summed E-state index contributed by atoms with van der Waals surface area (Å²) in [5, 5.41) is 10.6. The van der Waals surface area contributed by atoms with Crippen LogP contribution in [0.5, 0.6) is 0 Å². The van der Waals surface area contributed by atoms with Crippen molar-refractivity contribution in [2.45, 2.75) is 50.9 Å². The first-order chi connectivity index (χ1) is 7.97. The summed E-state index contributed by atoms with van der Waals surface area (Å²) in [6.45, 7) is 4.02. The maximum Gasteiger partial charge on any atom is 0.0752 e. The zero-order chi connectivity index (χ0) is 12.5. The van der Waals surface area contributed by atoms with Crippen LogP contribution >= 0.6 is 15.9 Å². The van der Waals surface area contributed by atoms with Gasteiger partial charge in [-0.05, 0) is 41.9 Å². The highest BCUT2D eigenvalue weighted by atomic mass is 79.9. The van der Waals surface area contributed by atoms with E-state index in [2.05, 4.69) is 20.9 Å². The summed E-state index contributed by atoms with van der Waals surface area (Å²) in [6, 6.07) is 3.91. The average molecular weight is 300 g/mol. The Kier molecular flexibility index (Phi) is 3.85. The smallest absolute Gasteiger partial charge is 0.0752 e. The number of halogens is 1. The molecule has 1 fully saturated rings. The molecule has 0 aromatic carbocycles. The van der Waals surface area contributed by atoms with Gasteiger partial charge in [0.25, 0.3) is 0 Å². The predicted octanol–water partition coefficient (Wildman–Crippen LogP) is 2.71. The molecule has 0 amide bonds. The number of ether oxygens (including phenoxy) is 1. The van der Waals surface area contributed by atoms with Gasteiger partial charge in [0.15, 0.2) is 0 Å². The van der Waals surface area contributed by atoms with Crippen LogP contribution in [0, 0.1) is 0 Å². The van der Waals surface area contributed by atoms with Crippen molar-refractivity contribution in [1.82, 2.24) is 4.98 Å². The molecule has 1 N–H and O–H groups in total. The van der Waals surface area contributed by atoms with Gasteiger partial charge in [-0.1, -0.05) is 0 Å². The van der Waals surface area contributed by atoms with Crippen molar-refractivity contribution in [3.63, 3.8) is 0 Å². The summed E-state index contributed by atoms with van der Waals surface area (Å²) < 4.78 is 6.61. The second-order valence-electron chi connectivity index (χ2n) is 5.03. The van der Waals surface area contributed by atoms with Gasteiger partial charge in [-0.3, -0.25) is 4.98 Å². The minimum absolute atomic E-state index is 0.110. The van der Waals surface area contributed by atoms with E-state index in [1.165, 1.54) is 0 Å². The molecular formula is C13H18BrNO2. The zero-order valence-electron chi connectivity index (χ0n) is 10.2. The highest BCUT2D eigenvalue weighted by molar-refractivity contribution is 9.10. The fourth-order valence-electron chi connectivity index (χ4n) is 2.64. The van der Waals surface area contributed by atoms with E-state index < -0.39 is 5.60 Å². The molecule has 1 aromatic rings. The van der Waals surface area contributed by atoms with E-state index in [1.807, 2.05) is 26.0 Å². The Morgan fingerprint density at radius 1 is 1.41 bits per heavy atom. The van der Waals surface area contributed by atoms with E-state index in [-0.39, 0.29) is 12.2 Å². The summed E-state index contributed by atoms with van der Waals surface area (Å²) >= 11 is 3.36. The van der Waals surface area contributed by atoms with Crippen LogP contribution in [-0.2, 0) is 11.2 Å². The fraction of sp³-hybridized carbons (Fsp3) is 0.615. The van der Waals surface area contributed by atoms with E-state index >= 15 is 0 Å². The molecule has 4 heteroatoms. The third-order valence-corrected chi connectivity index (χ3v) is 3.57. The lowest BCUT2D eigenvalue weighted by atomic mass is 9.84. The largest absolute Gasteiger partial charge is 0.389 e. The van der Waals surface area contributed by atoms with Gasteiger partial charge in [0.1, 0.15) is 0 Å². The van der Waals surface area contributed by atoms with Crippen LogP contribution in [-0.4, -0.2) is 27.9 Å². The minimum Gasteiger partial charge on any atom is -0.389 e. The number of pyridine rings is 1. The summed E-state index contributed by atoms with van der Waals surface area (Å²) in [6.07, 6.45) is 3.94. The van der Waals surface area contributed by atoms with Gasteiger partial charge < -0.3 is 9.84 Å². The third-order valence-electron chi connectivity index (χ3n) is 3.10. The molecule has 1 aliphatic heterocycles. The molecule has 17 heavy (non-hydrogen) atoms. The van der Waals surface area contributed by atoms with Crippen molar-refractivity contribution >= 4 is 15.9 Å². The van der Waals surface area contributed by atoms with Crippen molar-refractivity contribution in [3.05, 3.63) is 28.5 Å². The SMILES string of the molecule is CC1CC(O)(Cc2ccc(Br)cn2)CC(C)O1. The van der Waals surface area contributed by atoms with Gasteiger partial charge in [0, 0.05) is 35.6 Å². The van der Waals surface area contributed by atoms with Gasteiger partial charge in [-0.25, -0.2) is 0 Å². The highest BCUT2D eigenvalue weighted by Crippen LogP contribution is 2.31. The van der Waals surface area contributed by atoms with Gasteiger partial charge >= 0.3 is 0 Å². The topological polar surface area (TPSA) is 42.4 Å². The first-order valence-corrected chi connectivity index (χ1v) is 6.74. The summed E-state index contributed by atoms with van der Waals surface area (Å²) in [5.74, 6) is 0. The van der Waals surface area contributed by atoms with Crippen LogP contribution in [0.3, 0.4) is 0 Å². The Hall–Kier alpha value is -0.450. The highest BCUT2D eigenvalue weighted by Gasteiger charge is 2.37. The van der Waals surface area contributed by atoms with Gasteiger partial charge in [-0.2, -0.15) is 0 Å². The molecule has 1 aromatic heterocycles. The van der Waals surface area contributed by atoms with Gasteiger partial charge in [-0.15, -0.1) is 0 Å². The molecule has 0 aliphatic carbocycles. The maximum absolute atomic E-state index is 10.6. The van der Waals surface area contributed by atoms with Crippen molar-refractivity contribution in [2.75, 3.05) is 0 Å². The van der Waals surface area contributed by atoms with Crippen molar-refractivity contribution in [2.24, 2.45) is 0 Å². The Bertz CT molecular complexity index is 370. The minimum atomic E-state index is -0.683. The van der Waals surface area contributed by atoms with Crippen LogP contribution in [0.15, 0.2) is 22.8 Å². The van der Waals surface area contributed by atoms with Crippen LogP contribution in [0.2, 0.25) is 0 Å². The average Bonchev–Trinajstić information content (AvgIpc) is 2.19. The summed E-state index contributed by atoms with van der Waals surface area (Å²) in [5.41, 5.74) is 0.245. The molecule has 0 saturated carbocycles. The quantitative estimate of drug-likeness (QED) is 0.913. The number of hydrogen-bond acceptors (Lipinski definition) is 3. The Morgan fingerprint density at radius 2 is 2.06 bits per heavy atom. The molecule has 3 nitrogen and oxygen atoms in total. The lowest BCUT2D eigenvalue weighted by molar-refractivity contribution is -0.131. The monoisotopic (exact) mass is 299 g/mol. The molecule has 2 atom stereocenters. The standard InChI is InChI=1S/C13H18BrNO2/c1-9-5-13(16,6-10(2)17-9)7-12-4-3-11(14)8-15-12/h3-4,8-10,16H,5-7H2,1-2H3. The van der Waals surface area contributed by atoms with Gasteiger partial charge in [0.05, 0.1) is 17.8 Å². The fourth-order valence-corrected chi connectivity index (χ4v) is 2.87. The number of aromatic nitrogens is 1. The first-order valence-electron chi connectivity index (χ1n) is 5.95. The predicted molar refractivity (Wildman–Crippen MR) is 69.8 cm³/mol. The Balaban J connectivity index is 2.08. The number of aliphatic hydroxyl groups is 1. The third kappa shape index (κ3) is 3.50. The molecule has 0 radical (unpaired) electrons. The van der Waals surface area contributed by atoms with E-state index in [1.54, 1.807) is 6.20 Å². The molecule has 94 valence electrons. The van der Waals surface area contributed by atoms with Crippen molar-refractivity contribution in [3.8, 4) is 0 Å². The second kappa shape index (κ2) is 5.04. The molecule has 1 saturated heterocycles. The van der Waals surface area contributed by atoms with Crippen LogP contribution in [0.4, 0.5) is 0 Å². The maximum atomic E-state index is 10.6. The molecular weight excluding hydrogens is 282 g/mol. The van der Waals surface area contributed by atoms with E-state index in [9.17, 15) is 5.11 Å². The Labute approximate surface area is 110 Å². The molecule has 0 spiro atoms. The zero-order valence-corrected chi connectivity index (χ0v) is 11.8. The molecule has 2 heterocycles. The van der Waals surface area contributed by atoms with Gasteiger partial charge in [0.2, 0.25) is 0 Å². The Morgan fingerprint density at radius 3 is 2.59 bits per heavy atom. The van der Waals surface area contributed by atoms with Crippen LogP contribution in [0.1, 0.15) is 32.4 Å². The second-order valence-corrected chi connectivity index (χ2v) is 5.95. The number of hydrogen-bond donors (Lipinski definition) is 1. The lowest BCUT2D eigenvalue weighted by Crippen LogP contribution is -2.45. The lowest BCUT2D eigenvalue weighted by Gasteiger charge is -2.39. The molecule has 1 aliphatic rings. The summed E-state index contributed by atoms with van der Waals surface area (Å²) in [4.78, 5) is 4.32. The summed E-state index contributed by atoms with van der Waals surface area (Å²) in [7, 11) is 0. The molecule has 0 bridgehead atoms. The van der Waals surface area contributed by atoms with Crippen LogP contribution < -0.4 is 0 Å². The van der Waals surface area contributed by atoms with Crippen LogP contribution in [0.25, 0.3) is 0 Å². The van der Waals surface area contributed by atoms with Crippen molar-refractivity contribution < 1.29 is 9.84 Å². The normalized spacial score (nSPS) is 33.6. The van der Waals surface area contributed by atoms with E-state index in [0.717, 1.165) is 10.2 Å². The first kappa shape index (κ1) is 13.0. The number of nitrogens with zero attached hydrogens (tertiary/aromatic N) is 1. The van der Waals surface area contributed by atoms with E-state index in [0.29, 0.717) is 19.3 Å². The molecule has 2 unspecified atom stereocenters. The molecule has 2 rings (SSSR count). The number of rotatable bonds is 2.